The molecule has 1 N–H and O–H groups in total. The normalized spacial score (nSPS) is 33.0. The van der Waals surface area contributed by atoms with Gasteiger partial charge in [0.2, 0.25) is 5.91 Å². The Bertz CT molecular complexity index is 510. The molecule has 0 radical (unpaired) electrons. The van der Waals surface area contributed by atoms with Crippen LogP contribution in [0.2, 0.25) is 0 Å². The summed E-state index contributed by atoms with van der Waals surface area (Å²) in [6.45, 7) is 2.86. The molecule has 1 aliphatic carbocycles. The molecule has 1 aromatic rings. The van der Waals surface area contributed by atoms with Gasteiger partial charge in [-0.25, -0.2) is 0 Å². The van der Waals surface area contributed by atoms with Crippen molar-refractivity contribution in [2.24, 2.45) is 17.8 Å². The first-order valence-corrected chi connectivity index (χ1v) is 7.14. The Balaban J connectivity index is 1.76. The van der Waals surface area contributed by atoms with E-state index in [-0.39, 0.29) is 17.9 Å². The van der Waals surface area contributed by atoms with Gasteiger partial charge in [0.05, 0.1) is 24.1 Å². The zero-order chi connectivity index (χ0) is 14.3. The lowest BCUT2D eigenvalue weighted by molar-refractivity contribution is -0.143. The molecule has 5 nitrogen and oxygen atoms in total. The summed E-state index contributed by atoms with van der Waals surface area (Å²) in [7, 11) is 0. The first kappa shape index (κ1) is 13.2. The number of carboxylic acid groups (broad SMARTS) is 1. The highest BCUT2D eigenvalue weighted by molar-refractivity contribution is 5.89. The average Bonchev–Trinajstić information content (AvgIpc) is 3.05. The van der Waals surface area contributed by atoms with Gasteiger partial charge in [0.25, 0.3) is 0 Å². The molecule has 1 saturated carbocycles. The van der Waals surface area contributed by atoms with E-state index in [9.17, 15) is 9.59 Å². The summed E-state index contributed by atoms with van der Waals surface area (Å²) >= 11 is 0. The molecule has 108 valence electrons. The fraction of sp³-hybridized carbons (Fsp3) is 0.600. The third-order valence-corrected chi connectivity index (χ3v) is 4.44. The Morgan fingerprint density at radius 3 is 2.75 bits per heavy atom. The van der Waals surface area contributed by atoms with Crippen LogP contribution in [-0.4, -0.2) is 28.4 Å². The van der Waals surface area contributed by atoms with Crippen molar-refractivity contribution in [3.63, 3.8) is 0 Å². The summed E-state index contributed by atoms with van der Waals surface area (Å²) in [4.78, 5) is 25.3. The molecular formula is C15H19NO4. The molecule has 3 rings (SSSR count). The molecule has 1 saturated heterocycles. The molecule has 0 unspecified atom stereocenters. The molecule has 2 heterocycles. The van der Waals surface area contributed by atoms with Gasteiger partial charge < -0.3 is 14.4 Å². The molecule has 1 aliphatic heterocycles. The van der Waals surface area contributed by atoms with Crippen LogP contribution in [0.5, 0.6) is 0 Å². The van der Waals surface area contributed by atoms with E-state index in [2.05, 4.69) is 6.92 Å². The molecule has 4 atom stereocenters. The van der Waals surface area contributed by atoms with Crippen LogP contribution in [-0.2, 0) is 9.59 Å². The van der Waals surface area contributed by atoms with Crippen molar-refractivity contribution in [3.05, 3.63) is 24.2 Å². The number of hydrogen-bond donors (Lipinski definition) is 1. The second-order valence-corrected chi connectivity index (χ2v) is 5.98. The zero-order valence-corrected chi connectivity index (χ0v) is 11.5. The molecule has 2 aliphatic rings. The average molecular weight is 277 g/mol. The van der Waals surface area contributed by atoms with Gasteiger partial charge in [-0.05, 0) is 37.3 Å². The van der Waals surface area contributed by atoms with Gasteiger partial charge in [-0.15, -0.1) is 0 Å². The van der Waals surface area contributed by atoms with E-state index in [1.165, 1.54) is 0 Å². The van der Waals surface area contributed by atoms with E-state index in [4.69, 9.17) is 9.52 Å². The standard InChI is InChI=1S/C15H19NO4/c1-9-4-5-16(12(7-9)13-3-2-6-20-13)14(17)10-8-11(10)15(18)19/h2-3,6,9-12H,4-5,7-8H2,1H3,(H,18,19)/t9-,10-,11-,12+/m1/s1. The van der Waals surface area contributed by atoms with Crippen LogP contribution in [0.15, 0.2) is 22.8 Å². The van der Waals surface area contributed by atoms with Crippen molar-refractivity contribution in [2.45, 2.75) is 32.2 Å². The third-order valence-electron chi connectivity index (χ3n) is 4.44. The fourth-order valence-electron chi connectivity index (χ4n) is 3.11. The zero-order valence-electron chi connectivity index (χ0n) is 11.5. The number of likely N-dealkylation sites (tertiary alicyclic amines) is 1. The van der Waals surface area contributed by atoms with Crippen LogP contribution in [0, 0.1) is 17.8 Å². The molecule has 0 bridgehead atoms. The van der Waals surface area contributed by atoms with Gasteiger partial charge in [-0.3, -0.25) is 9.59 Å². The van der Waals surface area contributed by atoms with E-state index in [0.717, 1.165) is 18.6 Å². The van der Waals surface area contributed by atoms with Crippen LogP contribution in [0.3, 0.4) is 0 Å². The molecular weight excluding hydrogens is 258 g/mol. The van der Waals surface area contributed by atoms with Crippen molar-refractivity contribution in [2.75, 3.05) is 6.54 Å². The highest BCUT2D eigenvalue weighted by Crippen LogP contribution is 2.43. The molecule has 0 aromatic carbocycles. The van der Waals surface area contributed by atoms with Crippen molar-refractivity contribution in [1.29, 1.82) is 0 Å². The predicted octanol–water partition coefficient (Wildman–Crippen LogP) is 2.30. The van der Waals surface area contributed by atoms with Gasteiger partial charge in [0.1, 0.15) is 5.76 Å². The van der Waals surface area contributed by atoms with Crippen molar-refractivity contribution < 1.29 is 19.1 Å². The SMILES string of the molecule is C[C@@H]1CCN(C(=O)[C@@H]2C[C@H]2C(=O)O)[C@H](c2ccco2)C1. The van der Waals surface area contributed by atoms with Crippen LogP contribution in [0.4, 0.5) is 0 Å². The van der Waals surface area contributed by atoms with E-state index in [1.807, 2.05) is 17.0 Å². The van der Waals surface area contributed by atoms with Crippen LogP contribution < -0.4 is 0 Å². The second kappa shape index (κ2) is 4.96. The van der Waals surface area contributed by atoms with E-state index in [0.29, 0.717) is 18.9 Å². The maximum atomic E-state index is 12.5. The molecule has 0 spiro atoms. The second-order valence-electron chi connectivity index (χ2n) is 5.98. The van der Waals surface area contributed by atoms with Crippen molar-refractivity contribution in [3.8, 4) is 0 Å². The van der Waals surface area contributed by atoms with Gasteiger partial charge >= 0.3 is 5.97 Å². The van der Waals surface area contributed by atoms with E-state index >= 15 is 0 Å². The number of hydrogen-bond acceptors (Lipinski definition) is 3. The minimum atomic E-state index is -0.858. The Kier molecular flexibility index (Phi) is 3.28. The largest absolute Gasteiger partial charge is 0.481 e. The van der Waals surface area contributed by atoms with E-state index in [1.54, 1.807) is 6.26 Å². The number of piperidine rings is 1. The number of rotatable bonds is 3. The Morgan fingerprint density at radius 1 is 1.35 bits per heavy atom. The lowest BCUT2D eigenvalue weighted by atomic mass is 9.90. The maximum Gasteiger partial charge on any atom is 0.307 e. The summed E-state index contributed by atoms with van der Waals surface area (Å²) in [5, 5.41) is 8.97. The number of carbonyl (C=O) groups is 2. The number of nitrogens with zero attached hydrogens (tertiary/aromatic N) is 1. The number of amides is 1. The number of carbonyl (C=O) groups excluding carboxylic acids is 1. The number of carboxylic acids is 1. The van der Waals surface area contributed by atoms with Crippen molar-refractivity contribution >= 4 is 11.9 Å². The summed E-state index contributed by atoms with van der Waals surface area (Å²) in [6, 6.07) is 3.68. The highest BCUT2D eigenvalue weighted by atomic mass is 16.4. The molecule has 5 heteroatoms. The number of aliphatic carboxylic acids is 1. The summed E-state index contributed by atoms with van der Waals surface area (Å²) < 4.78 is 5.47. The van der Waals surface area contributed by atoms with Gasteiger partial charge in [-0.2, -0.15) is 0 Å². The fourth-order valence-corrected chi connectivity index (χ4v) is 3.11. The predicted molar refractivity (Wildman–Crippen MR) is 70.8 cm³/mol. The molecule has 20 heavy (non-hydrogen) atoms. The van der Waals surface area contributed by atoms with Gasteiger partial charge in [0, 0.05) is 6.54 Å². The quantitative estimate of drug-likeness (QED) is 0.920. The van der Waals surface area contributed by atoms with Crippen molar-refractivity contribution in [1.82, 2.24) is 4.90 Å². The Hall–Kier alpha value is -1.78. The molecule has 1 aromatic heterocycles. The maximum absolute atomic E-state index is 12.5. The minimum Gasteiger partial charge on any atom is -0.481 e. The highest BCUT2D eigenvalue weighted by Gasteiger charge is 2.51. The summed E-state index contributed by atoms with van der Waals surface area (Å²) in [6.07, 6.45) is 3.94. The van der Waals surface area contributed by atoms with Crippen LogP contribution >= 0.6 is 0 Å². The topological polar surface area (TPSA) is 70.8 Å². The minimum absolute atomic E-state index is 0.0225. The first-order chi connectivity index (χ1) is 9.58. The van der Waals surface area contributed by atoms with Gasteiger partial charge in [-0.1, -0.05) is 6.92 Å². The molecule has 1 amide bonds. The lowest BCUT2D eigenvalue weighted by Gasteiger charge is -2.37. The summed E-state index contributed by atoms with van der Waals surface area (Å²) in [5.41, 5.74) is 0. The lowest BCUT2D eigenvalue weighted by Crippen LogP contribution is -2.41. The summed E-state index contributed by atoms with van der Waals surface area (Å²) in [5.74, 6) is -0.354. The Labute approximate surface area is 117 Å². The van der Waals surface area contributed by atoms with Crippen LogP contribution in [0.25, 0.3) is 0 Å². The number of furan rings is 1. The monoisotopic (exact) mass is 277 g/mol. The van der Waals surface area contributed by atoms with Crippen LogP contribution in [0.1, 0.15) is 38.0 Å². The third kappa shape index (κ3) is 2.32. The molecule has 2 fully saturated rings. The van der Waals surface area contributed by atoms with E-state index < -0.39 is 11.9 Å². The smallest absolute Gasteiger partial charge is 0.307 e. The first-order valence-electron chi connectivity index (χ1n) is 7.14. The Morgan fingerprint density at radius 2 is 2.15 bits per heavy atom. The van der Waals surface area contributed by atoms with Gasteiger partial charge in [0.15, 0.2) is 0 Å².